The third-order valence-corrected chi connectivity index (χ3v) is 4.88. The third-order valence-electron chi connectivity index (χ3n) is 4.23. The fourth-order valence-corrected chi connectivity index (χ4v) is 3.46. The Kier molecular flexibility index (Phi) is 6.08. The standard InChI is InChI=1S/C17H26N2O3S/c1-17(2)19(13(11-22-17)9-10-23-3)16(21)14(18)15(20)12-7-5-4-6-8-12/h4-8,13-15,20H,9-11,18H2,1-3H3/t13-,14+,15+/m0/s1. The van der Waals surface area contributed by atoms with Crippen LogP contribution in [0.15, 0.2) is 30.3 Å². The Morgan fingerprint density at radius 3 is 2.74 bits per heavy atom. The lowest BCUT2D eigenvalue weighted by molar-refractivity contribution is -0.150. The number of ether oxygens (including phenoxy) is 1. The lowest BCUT2D eigenvalue weighted by atomic mass is 10.00. The van der Waals surface area contributed by atoms with Crippen molar-refractivity contribution in [1.29, 1.82) is 0 Å². The van der Waals surface area contributed by atoms with Gasteiger partial charge in [-0.05, 0) is 37.8 Å². The molecule has 0 saturated carbocycles. The van der Waals surface area contributed by atoms with E-state index in [-0.39, 0.29) is 11.9 Å². The summed E-state index contributed by atoms with van der Waals surface area (Å²) in [6.07, 6.45) is 1.86. The zero-order valence-electron chi connectivity index (χ0n) is 13.9. The molecule has 3 N–H and O–H groups in total. The van der Waals surface area contributed by atoms with Crippen LogP contribution in [0.25, 0.3) is 0 Å². The third kappa shape index (κ3) is 4.07. The number of nitrogens with two attached hydrogens (primary N) is 1. The van der Waals surface area contributed by atoms with Crippen molar-refractivity contribution in [2.45, 2.75) is 44.2 Å². The molecule has 0 radical (unpaired) electrons. The van der Waals surface area contributed by atoms with Crippen molar-refractivity contribution >= 4 is 17.7 Å². The summed E-state index contributed by atoms with van der Waals surface area (Å²) in [5.41, 5.74) is 6.03. The molecule has 6 heteroatoms. The molecule has 3 atom stereocenters. The molecule has 1 amide bonds. The molecule has 1 aliphatic heterocycles. The Hall–Kier alpha value is -1.08. The lowest BCUT2D eigenvalue weighted by Gasteiger charge is -2.36. The second-order valence-electron chi connectivity index (χ2n) is 6.28. The van der Waals surface area contributed by atoms with Crippen molar-refractivity contribution in [3.05, 3.63) is 35.9 Å². The zero-order valence-corrected chi connectivity index (χ0v) is 14.8. The number of aliphatic hydroxyl groups excluding tert-OH is 1. The molecule has 0 unspecified atom stereocenters. The van der Waals surface area contributed by atoms with Crippen LogP contribution in [0.4, 0.5) is 0 Å². The Labute approximate surface area is 142 Å². The first-order valence-electron chi connectivity index (χ1n) is 7.83. The van der Waals surface area contributed by atoms with Crippen LogP contribution < -0.4 is 5.73 Å². The fourth-order valence-electron chi connectivity index (χ4n) is 2.95. The quantitative estimate of drug-likeness (QED) is 0.827. The molecule has 1 saturated heterocycles. The Morgan fingerprint density at radius 2 is 2.13 bits per heavy atom. The molecule has 1 aromatic rings. The zero-order chi connectivity index (χ0) is 17.0. The maximum atomic E-state index is 12.9. The molecule has 1 aliphatic rings. The van der Waals surface area contributed by atoms with Gasteiger partial charge in [-0.1, -0.05) is 30.3 Å². The van der Waals surface area contributed by atoms with Crippen LogP contribution in [0.3, 0.4) is 0 Å². The summed E-state index contributed by atoms with van der Waals surface area (Å²) in [5.74, 6) is 0.680. The first-order valence-corrected chi connectivity index (χ1v) is 9.22. The van der Waals surface area contributed by atoms with Gasteiger partial charge in [0.25, 0.3) is 0 Å². The Balaban J connectivity index is 2.15. The number of rotatable bonds is 6. The minimum Gasteiger partial charge on any atom is -0.386 e. The number of aliphatic hydroxyl groups is 1. The first-order chi connectivity index (χ1) is 10.9. The highest BCUT2D eigenvalue weighted by molar-refractivity contribution is 7.98. The molecule has 1 aromatic carbocycles. The van der Waals surface area contributed by atoms with Gasteiger partial charge >= 0.3 is 0 Å². The minimum atomic E-state index is -1.03. The molecule has 2 rings (SSSR count). The van der Waals surface area contributed by atoms with Crippen LogP contribution in [0.5, 0.6) is 0 Å². The number of benzene rings is 1. The molecule has 1 heterocycles. The van der Waals surface area contributed by atoms with Gasteiger partial charge in [0, 0.05) is 0 Å². The van der Waals surface area contributed by atoms with E-state index in [0.717, 1.165) is 12.2 Å². The second kappa shape index (κ2) is 7.66. The van der Waals surface area contributed by atoms with E-state index in [4.69, 9.17) is 10.5 Å². The normalized spacial score (nSPS) is 22.8. The van der Waals surface area contributed by atoms with Crippen LogP contribution in [0.1, 0.15) is 31.9 Å². The van der Waals surface area contributed by atoms with Gasteiger partial charge in [0.2, 0.25) is 5.91 Å². The van der Waals surface area contributed by atoms with E-state index < -0.39 is 17.9 Å². The highest BCUT2D eigenvalue weighted by Crippen LogP contribution is 2.31. The molecule has 23 heavy (non-hydrogen) atoms. The average Bonchev–Trinajstić information content (AvgIpc) is 2.86. The van der Waals surface area contributed by atoms with E-state index in [2.05, 4.69) is 0 Å². The number of carbonyl (C=O) groups is 1. The molecule has 0 aliphatic carbocycles. The Morgan fingerprint density at radius 1 is 1.48 bits per heavy atom. The molecule has 0 bridgehead atoms. The van der Waals surface area contributed by atoms with E-state index in [0.29, 0.717) is 12.2 Å². The average molecular weight is 338 g/mol. The van der Waals surface area contributed by atoms with Crippen molar-refractivity contribution in [2.75, 3.05) is 18.6 Å². The summed E-state index contributed by atoms with van der Waals surface area (Å²) in [4.78, 5) is 14.6. The van der Waals surface area contributed by atoms with Crippen LogP contribution in [0, 0.1) is 0 Å². The molecular formula is C17H26N2O3S. The van der Waals surface area contributed by atoms with E-state index >= 15 is 0 Å². The van der Waals surface area contributed by atoms with Gasteiger partial charge in [-0.3, -0.25) is 4.79 Å². The van der Waals surface area contributed by atoms with Gasteiger partial charge in [0.05, 0.1) is 12.6 Å². The first kappa shape index (κ1) is 18.3. The van der Waals surface area contributed by atoms with Gasteiger partial charge in [-0.25, -0.2) is 0 Å². The highest BCUT2D eigenvalue weighted by Gasteiger charge is 2.45. The largest absolute Gasteiger partial charge is 0.386 e. The second-order valence-corrected chi connectivity index (χ2v) is 7.27. The maximum absolute atomic E-state index is 12.9. The Bertz CT molecular complexity index is 524. The van der Waals surface area contributed by atoms with Crippen LogP contribution in [-0.4, -0.2) is 52.3 Å². The molecule has 0 aromatic heterocycles. The molecule has 0 spiro atoms. The molecular weight excluding hydrogens is 312 g/mol. The van der Waals surface area contributed by atoms with Crippen LogP contribution >= 0.6 is 11.8 Å². The minimum absolute atomic E-state index is 0.000951. The van der Waals surface area contributed by atoms with Crippen molar-refractivity contribution in [3.63, 3.8) is 0 Å². The number of hydrogen-bond acceptors (Lipinski definition) is 5. The van der Waals surface area contributed by atoms with E-state index in [9.17, 15) is 9.90 Å². The number of thioether (sulfide) groups is 1. The summed E-state index contributed by atoms with van der Waals surface area (Å²) in [5, 5.41) is 10.4. The smallest absolute Gasteiger partial charge is 0.245 e. The predicted molar refractivity (Wildman–Crippen MR) is 93.0 cm³/mol. The van der Waals surface area contributed by atoms with Crippen molar-refractivity contribution < 1.29 is 14.6 Å². The molecule has 1 fully saturated rings. The fraction of sp³-hybridized carbons (Fsp3) is 0.588. The van der Waals surface area contributed by atoms with E-state index in [1.54, 1.807) is 28.8 Å². The topological polar surface area (TPSA) is 75.8 Å². The van der Waals surface area contributed by atoms with E-state index in [1.165, 1.54) is 0 Å². The summed E-state index contributed by atoms with van der Waals surface area (Å²) in [6, 6.07) is 8.04. The van der Waals surface area contributed by atoms with Gasteiger partial charge in [-0.15, -0.1) is 0 Å². The summed E-state index contributed by atoms with van der Waals surface area (Å²) in [6.45, 7) is 4.24. The SMILES string of the molecule is CSCC[C@H]1COC(C)(C)N1C(=O)[C@H](N)[C@H](O)c1ccccc1. The van der Waals surface area contributed by atoms with E-state index in [1.807, 2.05) is 38.3 Å². The number of amides is 1. The lowest BCUT2D eigenvalue weighted by Crippen LogP contribution is -2.55. The molecule has 128 valence electrons. The number of carbonyl (C=O) groups excluding carboxylic acids is 1. The number of nitrogens with zero attached hydrogens (tertiary/aromatic N) is 1. The van der Waals surface area contributed by atoms with Gasteiger partial charge in [-0.2, -0.15) is 11.8 Å². The predicted octanol–water partition coefficient (Wildman–Crippen LogP) is 1.76. The van der Waals surface area contributed by atoms with Crippen molar-refractivity contribution in [2.24, 2.45) is 5.73 Å². The maximum Gasteiger partial charge on any atom is 0.245 e. The van der Waals surface area contributed by atoms with Gasteiger partial charge in [0.15, 0.2) is 0 Å². The highest BCUT2D eigenvalue weighted by atomic mass is 32.2. The monoisotopic (exact) mass is 338 g/mol. The van der Waals surface area contributed by atoms with Crippen LogP contribution in [-0.2, 0) is 9.53 Å². The summed E-state index contributed by atoms with van der Waals surface area (Å²) >= 11 is 1.74. The summed E-state index contributed by atoms with van der Waals surface area (Å²) < 4.78 is 5.78. The summed E-state index contributed by atoms with van der Waals surface area (Å²) in [7, 11) is 0. The van der Waals surface area contributed by atoms with Crippen molar-refractivity contribution in [1.82, 2.24) is 4.90 Å². The van der Waals surface area contributed by atoms with Crippen molar-refractivity contribution in [3.8, 4) is 0 Å². The number of hydrogen-bond donors (Lipinski definition) is 2. The van der Waals surface area contributed by atoms with Gasteiger partial charge < -0.3 is 20.5 Å². The molecule has 5 nitrogen and oxygen atoms in total. The van der Waals surface area contributed by atoms with Crippen LogP contribution in [0.2, 0.25) is 0 Å². The van der Waals surface area contributed by atoms with Gasteiger partial charge in [0.1, 0.15) is 17.9 Å².